The van der Waals surface area contributed by atoms with Crippen LogP contribution < -0.4 is 5.32 Å². The zero-order valence-electron chi connectivity index (χ0n) is 19.4. The van der Waals surface area contributed by atoms with Crippen LogP contribution in [0, 0.1) is 42.9 Å². The summed E-state index contributed by atoms with van der Waals surface area (Å²) in [7, 11) is 0. The fraction of sp³-hybridized carbons (Fsp3) is 0.640. The maximum atomic E-state index is 12.6. The van der Waals surface area contributed by atoms with Crippen LogP contribution in [0.15, 0.2) is 11.6 Å². The highest BCUT2D eigenvalue weighted by atomic mass is 16.5. The van der Waals surface area contributed by atoms with Gasteiger partial charge in [-0.2, -0.15) is 5.26 Å². The highest BCUT2D eigenvalue weighted by molar-refractivity contribution is 5.99. The molecule has 5 atom stereocenters. The molecular formula is C25H35N3O3. The summed E-state index contributed by atoms with van der Waals surface area (Å²) < 4.78 is 7.50. The number of ether oxygens (including phenoxy) is 1. The van der Waals surface area contributed by atoms with Crippen LogP contribution >= 0.6 is 0 Å². The number of rotatable bonds is 8. The maximum absolute atomic E-state index is 12.6. The molecule has 0 saturated heterocycles. The Balaban J connectivity index is 1.61. The van der Waals surface area contributed by atoms with E-state index in [2.05, 4.69) is 16.8 Å². The van der Waals surface area contributed by atoms with E-state index >= 15 is 0 Å². The number of nitrogens with one attached hydrogen (secondary N) is 1. The highest BCUT2D eigenvalue weighted by Crippen LogP contribution is 2.49. The molecule has 31 heavy (non-hydrogen) atoms. The van der Waals surface area contributed by atoms with E-state index in [-0.39, 0.29) is 17.5 Å². The lowest BCUT2D eigenvalue weighted by Gasteiger charge is -2.29. The van der Waals surface area contributed by atoms with E-state index in [4.69, 9.17) is 4.74 Å². The van der Waals surface area contributed by atoms with Crippen LogP contribution in [-0.2, 0) is 20.9 Å². The number of aromatic nitrogens is 1. The lowest BCUT2D eigenvalue weighted by molar-refractivity contribution is -0.151. The van der Waals surface area contributed by atoms with E-state index in [1.165, 1.54) is 25.7 Å². The molecule has 0 radical (unpaired) electrons. The minimum atomic E-state index is -0.946. The first-order valence-corrected chi connectivity index (χ1v) is 11.5. The molecule has 6 nitrogen and oxygen atoms in total. The van der Waals surface area contributed by atoms with E-state index in [0.29, 0.717) is 11.8 Å². The van der Waals surface area contributed by atoms with E-state index < -0.39 is 12.1 Å². The summed E-state index contributed by atoms with van der Waals surface area (Å²) in [5.74, 6) is 0.962. The second kappa shape index (κ2) is 9.72. The topological polar surface area (TPSA) is 84.1 Å². The van der Waals surface area contributed by atoms with E-state index in [1.54, 1.807) is 13.0 Å². The van der Waals surface area contributed by atoms with Gasteiger partial charge in [0.2, 0.25) is 0 Å². The molecule has 5 unspecified atom stereocenters. The van der Waals surface area contributed by atoms with Crippen LogP contribution in [0.4, 0.5) is 0 Å². The summed E-state index contributed by atoms with van der Waals surface area (Å²) in [6.45, 7) is 10.6. The van der Waals surface area contributed by atoms with Crippen LogP contribution in [0.2, 0.25) is 0 Å². The Labute approximate surface area is 185 Å². The van der Waals surface area contributed by atoms with Gasteiger partial charge in [-0.3, -0.25) is 4.79 Å². The number of carbonyl (C=O) groups excluding carboxylic acids is 2. The first-order chi connectivity index (χ1) is 14.7. The summed E-state index contributed by atoms with van der Waals surface area (Å²) in [5.41, 5.74) is 2.81. The maximum Gasteiger partial charge on any atom is 0.349 e. The average Bonchev–Trinajstić information content (AvgIpc) is 3.43. The van der Waals surface area contributed by atoms with E-state index in [9.17, 15) is 14.9 Å². The number of nitrogens with zero attached hydrogens (tertiary/aromatic N) is 2. The first kappa shape index (κ1) is 23.1. The molecule has 1 heterocycles. The van der Waals surface area contributed by atoms with Crippen molar-refractivity contribution in [3.63, 3.8) is 0 Å². The van der Waals surface area contributed by atoms with Gasteiger partial charge in [-0.1, -0.05) is 13.3 Å². The van der Waals surface area contributed by atoms with Gasteiger partial charge in [-0.25, -0.2) is 4.79 Å². The smallest absolute Gasteiger partial charge is 0.349 e. The minimum Gasteiger partial charge on any atom is -0.448 e. The highest BCUT2D eigenvalue weighted by Gasteiger charge is 2.42. The first-order valence-electron chi connectivity index (χ1n) is 11.5. The van der Waals surface area contributed by atoms with Gasteiger partial charge in [-0.15, -0.1) is 0 Å². The summed E-state index contributed by atoms with van der Waals surface area (Å²) in [4.78, 5) is 25.2. The SMILES string of the molecule is CCCn1c(C)cc(C=C(C#N)C(=O)OC(C)C(=O)NC(C)C2CC3CCC2C3)c1C. The molecule has 168 valence electrons. The molecule has 1 N–H and O–H groups in total. The van der Waals surface area contributed by atoms with Crippen molar-refractivity contribution in [2.75, 3.05) is 0 Å². The number of hydrogen-bond acceptors (Lipinski definition) is 4. The molecule has 0 aliphatic heterocycles. The predicted octanol–water partition coefficient (Wildman–Crippen LogP) is 4.29. The number of hydrogen-bond donors (Lipinski definition) is 1. The molecule has 2 saturated carbocycles. The Morgan fingerprint density at radius 2 is 2.06 bits per heavy atom. The van der Waals surface area contributed by atoms with Crippen molar-refractivity contribution in [3.05, 3.63) is 28.6 Å². The van der Waals surface area contributed by atoms with Crippen molar-refractivity contribution < 1.29 is 14.3 Å². The molecule has 1 aromatic heterocycles. The largest absolute Gasteiger partial charge is 0.448 e. The van der Waals surface area contributed by atoms with Gasteiger partial charge in [-0.05, 0) is 88.8 Å². The van der Waals surface area contributed by atoms with Crippen molar-refractivity contribution in [3.8, 4) is 6.07 Å². The van der Waals surface area contributed by atoms with Crippen molar-refractivity contribution in [1.82, 2.24) is 9.88 Å². The molecule has 2 bridgehead atoms. The van der Waals surface area contributed by atoms with Gasteiger partial charge in [0, 0.05) is 24.0 Å². The summed E-state index contributed by atoms with van der Waals surface area (Å²) in [6.07, 6.45) is 6.65. The third-order valence-electron chi connectivity index (χ3n) is 7.16. The predicted molar refractivity (Wildman–Crippen MR) is 120 cm³/mol. The molecule has 2 aliphatic carbocycles. The van der Waals surface area contributed by atoms with E-state index in [1.807, 2.05) is 32.9 Å². The summed E-state index contributed by atoms with van der Waals surface area (Å²) in [5, 5.41) is 12.5. The second-order valence-electron chi connectivity index (χ2n) is 9.33. The van der Waals surface area contributed by atoms with Gasteiger partial charge < -0.3 is 14.6 Å². The molecule has 0 spiro atoms. The van der Waals surface area contributed by atoms with Crippen LogP contribution in [0.5, 0.6) is 0 Å². The van der Waals surface area contributed by atoms with Gasteiger partial charge in [0.1, 0.15) is 11.6 Å². The fourth-order valence-corrected chi connectivity index (χ4v) is 5.47. The Bertz CT molecular complexity index is 908. The molecule has 3 rings (SSSR count). The number of aryl methyl sites for hydroxylation is 1. The molecule has 2 fully saturated rings. The van der Waals surface area contributed by atoms with Crippen molar-refractivity contribution in [2.24, 2.45) is 17.8 Å². The van der Waals surface area contributed by atoms with Crippen molar-refractivity contribution in [2.45, 2.75) is 85.4 Å². The molecule has 6 heteroatoms. The minimum absolute atomic E-state index is 0.0684. The molecule has 1 aromatic rings. The molecule has 0 aromatic carbocycles. The van der Waals surface area contributed by atoms with Crippen LogP contribution in [0.3, 0.4) is 0 Å². The van der Waals surface area contributed by atoms with Gasteiger partial charge in [0.25, 0.3) is 5.91 Å². The quantitative estimate of drug-likeness (QED) is 0.382. The number of fused-ring (bicyclic) bond motifs is 2. The third kappa shape index (κ3) is 5.03. The van der Waals surface area contributed by atoms with Gasteiger partial charge >= 0.3 is 5.97 Å². The number of carbonyl (C=O) groups is 2. The summed E-state index contributed by atoms with van der Waals surface area (Å²) >= 11 is 0. The summed E-state index contributed by atoms with van der Waals surface area (Å²) in [6, 6.07) is 3.96. The lowest BCUT2D eigenvalue weighted by Crippen LogP contribution is -2.45. The molecule has 2 aliphatic rings. The van der Waals surface area contributed by atoms with E-state index in [0.717, 1.165) is 35.8 Å². The fourth-order valence-electron chi connectivity index (χ4n) is 5.47. The standard InChI is InChI=1S/C25H35N3O3/c1-6-9-28-15(2)10-21(17(28)4)13-22(14-26)25(30)31-18(5)24(29)27-16(3)23-12-19-7-8-20(23)11-19/h10,13,16,18-20,23H,6-9,11-12H2,1-5H3,(H,27,29). The molecule has 1 amide bonds. The number of esters is 1. The Kier molecular flexibility index (Phi) is 7.25. The zero-order chi connectivity index (χ0) is 22.7. The van der Waals surface area contributed by atoms with Gasteiger partial charge in [0.05, 0.1) is 0 Å². The Hall–Kier alpha value is -2.55. The lowest BCUT2D eigenvalue weighted by atomic mass is 9.84. The zero-order valence-corrected chi connectivity index (χ0v) is 19.4. The normalized spacial score (nSPS) is 24.5. The third-order valence-corrected chi connectivity index (χ3v) is 7.16. The van der Waals surface area contributed by atoms with Crippen LogP contribution in [-0.4, -0.2) is 28.6 Å². The Morgan fingerprint density at radius 1 is 1.32 bits per heavy atom. The van der Waals surface area contributed by atoms with Crippen molar-refractivity contribution >= 4 is 18.0 Å². The molecular weight excluding hydrogens is 390 g/mol. The van der Waals surface area contributed by atoms with Gasteiger partial charge in [0.15, 0.2) is 6.10 Å². The van der Waals surface area contributed by atoms with Crippen molar-refractivity contribution in [1.29, 1.82) is 5.26 Å². The monoisotopic (exact) mass is 425 g/mol. The number of nitriles is 1. The average molecular weight is 426 g/mol. The van der Waals surface area contributed by atoms with Crippen LogP contribution in [0.25, 0.3) is 6.08 Å². The second-order valence-corrected chi connectivity index (χ2v) is 9.33. The van der Waals surface area contributed by atoms with Crippen LogP contribution in [0.1, 0.15) is 69.8 Å². The Morgan fingerprint density at radius 3 is 2.65 bits per heavy atom. The number of amides is 1.